The Labute approximate surface area is 202 Å². The van der Waals surface area contributed by atoms with Gasteiger partial charge in [0.05, 0.1) is 30.5 Å². The van der Waals surface area contributed by atoms with E-state index in [9.17, 15) is 14.7 Å². The van der Waals surface area contributed by atoms with Crippen LogP contribution in [0, 0.1) is 6.92 Å². The summed E-state index contributed by atoms with van der Waals surface area (Å²) in [7, 11) is 0. The topological polar surface area (TPSA) is 95.8 Å². The summed E-state index contributed by atoms with van der Waals surface area (Å²) in [5.74, 6) is -0.398. The van der Waals surface area contributed by atoms with Gasteiger partial charge in [-0.25, -0.2) is 0 Å². The fourth-order valence-corrected chi connectivity index (χ4v) is 4.60. The van der Waals surface area contributed by atoms with Gasteiger partial charge in [0.2, 0.25) is 0 Å². The average molecular weight is 471 g/mol. The van der Waals surface area contributed by atoms with Crippen molar-refractivity contribution < 1.29 is 23.8 Å². The molecule has 3 heterocycles. The van der Waals surface area contributed by atoms with E-state index in [0.717, 1.165) is 22.0 Å². The summed E-state index contributed by atoms with van der Waals surface area (Å²) in [6, 6.07) is 15.6. The molecular formula is C28H26N2O5. The number of aryl methyl sites for hydroxylation is 1. The number of amides is 1. The summed E-state index contributed by atoms with van der Waals surface area (Å²) in [6.07, 6.45) is 3.31. The molecule has 0 spiro atoms. The number of aromatic amines is 1. The molecule has 1 aliphatic heterocycles. The van der Waals surface area contributed by atoms with Crippen LogP contribution in [0.15, 0.2) is 77.0 Å². The number of ether oxygens (including phenoxy) is 1. The molecule has 1 aliphatic rings. The molecular weight excluding hydrogens is 444 g/mol. The van der Waals surface area contributed by atoms with Gasteiger partial charge in [-0.05, 0) is 62.7 Å². The largest absolute Gasteiger partial charge is 0.507 e. The standard InChI is InChI=1S/C28H26N2O5/c1-16(2)35-23-11-10-18(13-17(23)3)26(31)24-25(21-14-29-22-9-5-4-8-20(21)22)30(28(33)27(24)32)15-19-7-6-12-34-19/h4-14,16,25,29,31H,15H2,1-3H3/b26-24+. The van der Waals surface area contributed by atoms with Crippen molar-refractivity contribution in [2.75, 3.05) is 0 Å². The normalized spacial score (nSPS) is 17.6. The van der Waals surface area contributed by atoms with Crippen molar-refractivity contribution in [3.8, 4) is 5.75 Å². The van der Waals surface area contributed by atoms with E-state index in [-0.39, 0.29) is 24.0 Å². The van der Waals surface area contributed by atoms with E-state index in [4.69, 9.17) is 9.15 Å². The minimum Gasteiger partial charge on any atom is -0.507 e. The SMILES string of the molecule is Cc1cc(/C(O)=C2\C(=O)C(=O)N(Cc3ccco3)C2c2c[nH]c3ccccc23)ccc1OC(C)C. The lowest BCUT2D eigenvalue weighted by atomic mass is 9.94. The van der Waals surface area contributed by atoms with Gasteiger partial charge in [-0.3, -0.25) is 9.59 Å². The number of aliphatic hydroxyl groups is 1. The second kappa shape index (κ2) is 8.83. The molecule has 4 aromatic rings. The molecule has 0 radical (unpaired) electrons. The fraction of sp³-hybridized carbons (Fsp3) is 0.214. The zero-order chi connectivity index (χ0) is 24.7. The summed E-state index contributed by atoms with van der Waals surface area (Å²) < 4.78 is 11.3. The van der Waals surface area contributed by atoms with Crippen LogP contribution >= 0.6 is 0 Å². The van der Waals surface area contributed by atoms with Gasteiger partial charge in [0, 0.05) is 28.2 Å². The summed E-state index contributed by atoms with van der Waals surface area (Å²) in [5.41, 5.74) is 2.90. The molecule has 0 aliphatic carbocycles. The lowest BCUT2D eigenvalue weighted by Crippen LogP contribution is -2.29. The Hall–Kier alpha value is -4.26. The van der Waals surface area contributed by atoms with Crippen molar-refractivity contribution >= 4 is 28.4 Å². The first-order valence-corrected chi connectivity index (χ1v) is 11.5. The molecule has 2 N–H and O–H groups in total. The van der Waals surface area contributed by atoms with Crippen LogP contribution in [0.2, 0.25) is 0 Å². The number of hydrogen-bond donors (Lipinski definition) is 2. The molecule has 1 atom stereocenters. The first-order valence-electron chi connectivity index (χ1n) is 11.5. The number of fused-ring (bicyclic) bond motifs is 1. The number of furan rings is 1. The van der Waals surface area contributed by atoms with Crippen LogP contribution in [-0.2, 0) is 16.1 Å². The maximum absolute atomic E-state index is 13.3. The molecule has 5 rings (SSSR count). The highest BCUT2D eigenvalue weighted by Crippen LogP contribution is 2.43. The molecule has 35 heavy (non-hydrogen) atoms. The number of Topliss-reactive ketones (excluding diaryl/α,β-unsaturated/α-hetero) is 1. The summed E-state index contributed by atoms with van der Waals surface area (Å²) in [6.45, 7) is 5.85. The minimum atomic E-state index is -0.789. The van der Waals surface area contributed by atoms with Crippen LogP contribution in [0.1, 0.15) is 42.3 Å². The number of aliphatic hydroxyl groups excluding tert-OH is 1. The number of nitrogens with zero attached hydrogens (tertiary/aromatic N) is 1. The Morgan fingerprint density at radius 2 is 1.94 bits per heavy atom. The second-order valence-electron chi connectivity index (χ2n) is 8.94. The van der Waals surface area contributed by atoms with Gasteiger partial charge >= 0.3 is 0 Å². The van der Waals surface area contributed by atoms with Crippen LogP contribution in [0.3, 0.4) is 0 Å². The molecule has 1 unspecified atom stereocenters. The lowest BCUT2D eigenvalue weighted by molar-refractivity contribution is -0.140. The van der Waals surface area contributed by atoms with Crippen LogP contribution in [-0.4, -0.2) is 32.8 Å². The molecule has 0 bridgehead atoms. The van der Waals surface area contributed by atoms with Gasteiger partial charge in [0.25, 0.3) is 11.7 Å². The molecule has 2 aromatic carbocycles. The van der Waals surface area contributed by atoms with E-state index in [0.29, 0.717) is 17.1 Å². The van der Waals surface area contributed by atoms with Crippen LogP contribution in [0.25, 0.3) is 16.7 Å². The first-order chi connectivity index (χ1) is 16.8. The maximum Gasteiger partial charge on any atom is 0.296 e. The van der Waals surface area contributed by atoms with E-state index in [2.05, 4.69) is 4.98 Å². The van der Waals surface area contributed by atoms with Crippen LogP contribution in [0.5, 0.6) is 5.75 Å². The first kappa shape index (κ1) is 22.5. The molecule has 1 amide bonds. The third kappa shape index (κ3) is 3.99. The number of H-pyrrole nitrogens is 1. The number of ketones is 1. The van der Waals surface area contributed by atoms with E-state index < -0.39 is 17.7 Å². The fourth-order valence-electron chi connectivity index (χ4n) is 4.60. The molecule has 178 valence electrons. The Kier molecular flexibility index (Phi) is 5.68. The Bertz CT molecular complexity index is 1450. The molecule has 7 nitrogen and oxygen atoms in total. The highest BCUT2D eigenvalue weighted by Gasteiger charge is 2.47. The van der Waals surface area contributed by atoms with Crippen LogP contribution in [0.4, 0.5) is 0 Å². The smallest absolute Gasteiger partial charge is 0.296 e. The van der Waals surface area contributed by atoms with E-state index >= 15 is 0 Å². The Balaban J connectivity index is 1.66. The summed E-state index contributed by atoms with van der Waals surface area (Å²) in [5, 5.41) is 12.3. The third-order valence-corrected chi connectivity index (χ3v) is 6.17. The number of para-hydroxylation sites is 1. The molecule has 0 saturated carbocycles. The summed E-state index contributed by atoms with van der Waals surface area (Å²) >= 11 is 0. The number of hydrogen-bond acceptors (Lipinski definition) is 5. The number of benzene rings is 2. The Morgan fingerprint density at radius 3 is 2.66 bits per heavy atom. The second-order valence-corrected chi connectivity index (χ2v) is 8.94. The molecule has 7 heteroatoms. The summed E-state index contributed by atoms with van der Waals surface area (Å²) in [4.78, 5) is 31.2. The van der Waals surface area contributed by atoms with Crippen molar-refractivity contribution in [1.29, 1.82) is 0 Å². The number of rotatable bonds is 6. The van der Waals surface area contributed by atoms with Gasteiger partial charge in [0.15, 0.2) is 0 Å². The van der Waals surface area contributed by atoms with Crippen molar-refractivity contribution in [2.45, 2.75) is 39.5 Å². The van der Waals surface area contributed by atoms with Crippen molar-refractivity contribution in [3.05, 3.63) is 95.1 Å². The van der Waals surface area contributed by atoms with E-state index in [1.54, 1.807) is 36.5 Å². The predicted octanol–water partition coefficient (Wildman–Crippen LogP) is 5.48. The van der Waals surface area contributed by atoms with Crippen LogP contribution < -0.4 is 4.74 Å². The number of carbonyl (C=O) groups is 2. The Morgan fingerprint density at radius 1 is 1.14 bits per heavy atom. The quantitative estimate of drug-likeness (QED) is 0.221. The number of aromatic nitrogens is 1. The number of nitrogens with one attached hydrogen (secondary N) is 1. The van der Waals surface area contributed by atoms with Gasteiger partial charge in [0.1, 0.15) is 17.3 Å². The lowest BCUT2D eigenvalue weighted by Gasteiger charge is -2.24. The highest BCUT2D eigenvalue weighted by molar-refractivity contribution is 6.46. The van der Waals surface area contributed by atoms with Crippen molar-refractivity contribution in [3.63, 3.8) is 0 Å². The molecule has 1 saturated heterocycles. The van der Waals surface area contributed by atoms with Gasteiger partial charge in [-0.1, -0.05) is 18.2 Å². The monoisotopic (exact) mass is 470 g/mol. The maximum atomic E-state index is 13.3. The van der Waals surface area contributed by atoms with Gasteiger partial charge < -0.3 is 24.1 Å². The molecule has 2 aromatic heterocycles. The van der Waals surface area contributed by atoms with Gasteiger partial charge in [-0.2, -0.15) is 0 Å². The van der Waals surface area contributed by atoms with E-state index in [1.165, 1.54) is 11.2 Å². The zero-order valence-corrected chi connectivity index (χ0v) is 19.7. The van der Waals surface area contributed by atoms with Crippen molar-refractivity contribution in [2.24, 2.45) is 0 Å². The average Bonchev–Trinajstić information content (AvgIpc) is 3.55. The number of likely N-dealkylation sites (tertiary alicyclic amines) is 1. The third-order valence-electron chi connectivity index (χ3n) is 6.17. The highest BCUT2D eigenvalue weighted by atomic mass is 16.5. The van der Waals surface area contributed by atoms with Crippen molar-refractivity contribution in [1.82, 2.24) is 9.88 Å². The van der Waals surface area contributed by atoms with Gasteiger partial charge in [-0.15, -0.1) is 0 Å². The molecule has 1 fully saturated rings. The minimum absolute atomic E-state index is 0.00180. The predicted molar refractivity (Wildman–Crippen MR) is 132 cm³/mol. The zero-order valence-electron chi connectivity index (χ0n) is 19.7. The van der Waals surface area contributed by atoms with E-state index in [1.807, 2.05) is 45.0 Å². The number of carbonyl (C=O) groups excluding carboxylic acids is 2.